The number of ether oxygens (including phenoxy) is 1. The molecular weight excluding hydrogens is 486 g/mol. The Morgan fingerprint density at radius 3 is 2.54 bits per heavy atom. The average Bonchev–Trinajstić information content (AvgIpc) is 3.65. The molecule has 7 heteroatoms. The van der Waals surface area contributed by atoms with Crippen LogP contribution in [0.2, 0.25) is 0 Å². The summed E-state index contributed by atoms with van der Waals surface area (Å²) in [5.74, 6) is 0.714. The number of hydrogen-bond acceptors (Lipinski definition) is 5. The summed E-state index contributed by atoms with van der Waals surface area (Å²) >= 11 is 0. The van der Waals surface area contributed by atoms with E-state index < -0.39 is 0 Å². The number of H-pyrrole nitrogens is 1. The Kier molecular flexibility index (Phi) is 6.53. The minimum atomic E-state index is -0.0615. The summed E-state index contributed by atoms with van der Waals surface area (Å²) < 4.78 is 5.82. The van der Waals surface area contributed by atoms with Gasteiger partial charge < -0.3 is 15.0 Å². The molecule has 6 rings (SSSR count). The van der Waals surface area contributed by atoms with Crippen LogP contribution >= 0.6 is 0 Å². The zero-order valence-electron chi connectivity index (χ0n) is 22.6. The smallest absolute Gasteiger partial charge is 0.251 e. The van der Waals surface area contributed by atoms with Gasteiger partial charge in [0.25, 0.3) is 5.91 Å². The summed E-state index contributed by atoms with van der Waals surface area (Å²) in [6, 6.07) is 17.8. The third kappa shape index (κ3) is 4.74. The lowest BCUT2D eigenvalue weighted by Gasteiger charge is -2.35. The molecular formula is C32H33N5O2. The number of fused-ring (bicyclic) bond motifs is 3. The molecule has 1 aliphatic heterocycles. The van der Waals surface area contributed by atoms with Gasteiger partial charge in [-0.15, -0.1) is 0 Å². The number of nitrogens with zero attached hydrogens (tertiary/aromatic N) is 3. The Bertz CT molecular complexity index is 1630. The zero-order valence-corrected chi connectivity index (χ0v) is 22.6. The molecule has 4 heterocycles. The Morgan fingerprint density at radius 1 is 1.03 bits per heavy atom. The number of methoxy groups -OCH3 is 1. The van der Waals surface area contributed by atoms with Crippen LogP contribution in [0.3, 0.4) is 0 Å². The van der Waals surface area contributed by atoms with Gasteiger partial charge in [-0.1, -0.05) is 12.1 Å². The lowest BCUT2D eigenvalue weighted by Crippen LogP contribution is -2.50. The van der Waals surface area contributed by atoms with Gasteiger partial charge in [0.15, 0.2) is 0 Å². The molecule has 198 valence electrons. The molecule has 0 bridgehead atoms. The molecule has 0 saturated carbocycles. The lowest BCUT2D eigenvalue weighted by atomic mass is 9.97. The fourth-order valence-corrected chi connectivity index (χ4v) is 5.62. The quantitative estimate of drug-likeness (QED) is 0.273. The van der Waals surface area contributed by atoms with Crippen LogP contribution in [0.4, 0.5) is 0 Å². The second-order valence-corrected chi connectivity index (χ2v) is 10.8. The fourth-order valence-electron chi connectivity index (χ4n) is 5.62. The minimum Gasteiger partial charge on any atom is -0.496 e. The number of likely N-dealkylation sites (tertiary alicyclic amines) is 1. The van der Waals surface area contributed by atoms with Gasteiger partial charge in [0.05, 0.1) is 24.5 Å². The summed E-state index contributed by atoms with van der Waals surface area (Å²) in [4.78, 5) is 27.9. The van der Waals surface area contributed by atoms with Crippen LogP contribution in [0, 0.1) is 0 Å². The van der Waals surface area contributed by atoms with Crippen molar-refractivity contribution in [2.24, 2.45) is 0 Å². The summed E-state index contributed by atoms with van der Waals surface area (Å²) in [5.41, 5.74) is 6.30. The van der Waals surface area contributed by atoms with Gasteiger partial charge in [-0.05, 0) is 87.8 Å². The van der Waals surface area contributed by atoms with Crippen molar-refractivity contribution >= 4 is 27.7 Å². The van der Waals surface area contributed by atoms with Crippen LogP contribution in [0.25, 0.3) is 44.2 Å². The Hall–Kier alpha value is -4.23. The normalized spacial score (nSPS) is 14.2. The van der Waals surface area contributed by atoms with Gasteiger partial charge in [0.2, 0.25) is 0 Å². The van der Waals surface area contributed by atoms with Gasteiger partial charge in [-0.3, -0.25) is 19.7 Å². The van der Waals surface area contributed by atoms with Crippen molar-refractivity contribution < 1.29 is 9.53 Å². The van der Waals surface area contributed by atoms with Crippen molar-refractivity contribution in [3.05, 3.63) is 78.8 Å². The van der Waals surface area contributed by atoms with E-state index in [1.54, 1.807) is 13.3 Å². The monoisotopic (exact) mass is 519 g/mol. The van der Waals surface area contributed by atoms with Crippen molar-refractivity contribution in [1.29, 1.82) is 0 Å². The zero-order chi connectivity index (χ0) is 27.0. The number of carbonyl (C=O) groups excluding carboxylic acids is 1. The van der Waals surface area contributed by atoms with E-state index in [0.717, 1.165) is 63.0 Å². The molecule has 39 heavy (non-hydrogen) atoms. The maximum atomic E-state index is 13.0. The molecule has 1 saturated heterocycles. The van der Waals surface area contributed by atoms with E-state index in [0.29, 0.717) is 12.1 Å². The number of benzene rings is 2. The number of pyridine rings is 2. The molecule has 0 spiro atoms. The van der Waals surface area contributed by atoms with Crippen LogP contribution in [0.1, 0.15) is 37.0 Å². The van der Waals surface area contributed by atoms with E-state index in [1.165, 1.54) is 12.8 Å². The maximum Gasteiger partial charge on any atom is 0.251 e. The Morgan fingerprint density at radius 2 is 1.82 bits per heavy atom. The number of amides is 1. The molecule has 0 radical (unpaired) electrons. The standard InChI is InChI=1S/C32H33N5O2/c1-32(2,37-15-4-5-16-37)20-35-31(38)22-10-8-21(9-11-22)29-28(39-3)13-12-25-30(29)24-17-26(34-19-27(24)36-25)23-7-6-14-33-18-23/h6-14,17-19,36H,4-5,15-16,20H2,1-3H3,(H,35,38). The van der Waals surface area contributed by atoms with E-state index in [2.05, 4.69) is 45.1 Å². The molecule has 1 amide bonds. The molecule has 3 aromatic heterocycles. The SMILES string of the molecule is COc1ccc2[nH]c3cnc(-c4cccnc4)cc3c2c1-c1ccc(C(=O)NCC(C)(C)N2CCCC2)cc1. The third-order valence-electron chi connectivity index (χ3n) is 7.87. The fraction of sp³-hybridized carbons (Fsp3) is 0.281. The topological polar surface area (TPSA) is 83.1 Å². The first-order valence-corrected chi connectivity index (χ1v) is 13.5. The van der Waals surface area contributed by atoms with Crippen molar-refractivity contribution in [1.82, 2.24) is 25.2 Å². The first-order valence-electron chi connectivity index (χ1n) is 13.5. The van der Waals surface area contributed by atoms with Crippen LogP contribution < -0.4 is 10.1 Å². The highest BCUT2D eigenvalue weighted by atomic mass is 16.5. The van der Waals surface area contributed by atoms with Gasteiger partial charge >= 0.3 is 0 Å². The first-order chi connectivity index (χ1) is 18.9. The summed E-state index contributed by atoms with van der Waals surface area (Å²) in [6.45, 7) is 7.21. The van der Waals surface area contributed by atoms with Crippen molar-refractivity contribution in [2.75, 3.05) is 26.7 Å². The number of nitrogens with one attached hydrogen (secondary N) is 2. The van der Waals surface area contributed by atoms with E-state index in [-0.39, 0.29) is 11.4 Å². The summed E-state index contributed by atoms with van der Waals surface area (Å²) in [7, 11) is 1.69. The molecule has 1 aliphatic rings. The van der Waals surface area contributed by atoms with Crippen LogP contribution in [-0.2, 0) is 0 Å². The number of hydrogen-bond donors (Lipinski definition) is 2. The second-order valence-electron chi connectivity index (χ2n) is 10.8. The Labute approximate surface area is 228 Å². The highest BCUT2D eigenvalue weighted by Gasteiger charge is 2.29. The molecule has 0 atom stereocenters. The predicted molar refractivity (Wildman–Crippen MR) is 156 cm³/mol. The molecule has 0 unspecified atom stereocenters. The second kappa shape index (κ2) is 10.2. The lowest BCUT2D eigenvalue weighted by molar-refractivity contribution is 0.0902. The summed E-state index contributed by atoms with van der Waals surface area (Å²) in [6.07, 6.45) is 7.90. The average molecular weight is 520 g/mol. The first kappa shape index (κ1) is 25.1. The predicted octanol–water partition coefficient (Wildman–Crippen LogP) is 6.06. The number of carbonyl (C=O) groups is 1. The number of aromatic amines is 1. The van der Waals surface area contributed by atoms with Crippen LogP contribution in [0.15, 0.2) is 73.2 Å². The van der Waals surface area contributed by atoms with Gasteiger partial charge in [0.1, 0.15) is 5.75 Å². The van der Waals surface area contributed by atoms with Crippen molar-refractivity contribution in [2.45, 2.75) is 32.2 Å². The van der Waals surface area contributed by atoms with Crippen molar-refractivity contribution in [3.63, 3.8) is 0 Å². The van der Waals surface area contributed by atoms with E-state index in [4.69, 9.17) is 4.74 Å². The van der Waals surface area contributed by atoms with E-state index >= 15 is 0 Å². The third-order valence-corrected chi connectivity index (χ3v) is 7.87. The van der Waals surface area contributed by atoms with Gasteiger partial charge in [-0.25, -0.2) is 0 Å². The number of aromatic nitrogens is 3. The maximum absolute atomic E-state index is 13.0. The molecule has 0 aliphatic carbocycles. The van der Waals surface area contributed by atoms with Crippen molar-refractivity contribution in [3.8, 4) is 28.1 Å². The molecule has 7 nitrogen and oxygen atoms in total. The largest absolute Gasteiger partial charge is 0.496 e. The summed E-state index contributed by atoms with van der Waals surface area (Å²) in [5, 5.41) is 5.26. The minimum absolute atomic E-state index is 0.0572. The van der Waals surface area contributed by atoms with Gasteiger partial charge in [-0.2, -0.15) is 0 Å². The van der Waals surface area contributed by atoms with Gasteiger partial charge in [0, 0.05) is 57.5 Å². The molecule has 5 aromatic rings. The van der Waals surface area contributed by atoms with E-state index in [1.807, 2.05) is 60.9 Å². The molecule has 1 fully saturated rings. The van der Waals surface area contributed by atoms with E-state index in [9.17, 15) is 4.79 Å². The highest BCUT2D eigenvalue weighted by Crippen LogP contribution is 2.41. The molecule has 2 aromatic carbocycles. The number of rotatable bonds is 7. The van der Waals surface area contributed by atoms with Crippen LogP contribution in [-0.4, -0.2) is 58.0 Å². The van der Waals surface area contributed by atoms with Crippen LogP contribution in [0.5, 0.6) is 5.75 Å². The molecule has 2 N–H and O–H groups in total. The Balaban J connectivity index is 1.34. The highest BCUT2D eigenvalue weighted by molar-refractivity contribution is 6.16.